The molecule has 6 nitrogen and oxygen atoms in total. The molecule has 0 bridgehead atoms. The van der Waals surface area contributed by atoms with Gasteiger partial charge in [0.25, 0.3) is 5.91 Å². The maximum Gasteiger partial charge on any atom is 0.274 e. The first kappa shape index (κ1) is 9.20. The van der Waals surface area contributed by atoms with E-state index in [0.717, 1.165) is 0 Å². The molecule has 3 N–H and O–H groups in total. The summed E-state index contributed by atoms with van der Waals surface area (Å²) in [4.78, 5) is 15.3. The molecule has 0 saturated heterocycles. The van der Waals surface area contributed by atoms with Gasteiger partial charge in [0.15, 0.2) is 11.6 Å². The molecule has 1 amide bonds. The van der Waals surface area contributed by atoms with Crippen molar-refractivity contribution in [2.75, 3.05) is 5.32 Å². The van der Waals surface area contributed by atoms with Crippen molar-refractivity contribution in [1.29, 1.82) is 0 Å². The van der Waals surface area contributed by atoms with Crippen LogP contribution < -0.4 is 5.32 Å². The molecule has 2 aromatic heterocycles. The fourth-order valence-electron chi connectivity index (χ4n) is 1.05. The highest BCUT2D eigenvalue weighted by Gasteiger charge is 2.09. The van der Waals surface area contributed by atoms with E-state index in [0.29, 0.717) is 5.69 Å². The Balaban J connectivity index is 2.17. The van der Waals surface area contributed by atoms with Crippen molar-refractivity contribution in [1.82, 2.24) is 15.2 Å². The summed E-state index contributed by atoms with van der Waals surface area (Å²) in [5.74, 6) is -0.357. The first-order valence-corrected chi connectivity index (χ1v) is 4.22. The Kier molecular flexibility index (Phi) is 2.32. The van der Waals surface area contributed by atoms with Crippen molar-refractivity contribution in [3.05, 3.63) is 36.3 Å². The fourth-order valence-corrected chi connectivity index (χ4v) is 1.05. The van der Waals surface area contributed by atoms with Crippen molar-refractivity contribution in [2.45, 2.75) is 0 Å². The SMILES string of the molecule is O=C(Nc1ncccc1O)c1ccn[nH]1. The Morgan fingerprint density at radius 1 is 1.40 bits per heavy atom. The summed E-state index contributed by atoms with van der Waals surface area (Å²) in [7, 11) is 0. The Morgan fingerprint density at radius 3 is 2.93 bits per heavy atom. The molecular formula is C9H8N4O2. The summed E-state index contributed by atoms with van der Waals surface area (Å²) in [5, 5.41) is 17.9. The predicted octanol–water partition coefficient (Wildman–Crippen LogP) is 0.763. The minimum Gasteiger partial charge on any atom is -0.504 e. The molecule has 76 valence electrons. The third-order valence-electron chi connectivity index (χ3n) is 1.76. The van der Waals surface area contributed by atoms with Crippen LogP contribution in [0.1, 0.15) is 10.5 Å². The summed E-state index contributed by atoms with van der Waals surface area (Å²) in [6.45, 7) is 0. The van der Waals surface area contributed by atoms with Crippen LogP contribution in [0, 0.1) is 0 Å². The van der Waals surface area contributed by atoms with Crippen molar-refractivity contribution < 1.29 is 9.90 Å². The Morgan fingerprint density at radius 2 is 2.27 bits per heavy atom. The molecule has 6 heteroatoms. The molecule has 15 heavy (non-hydrogen) atoms. The van der Waals surface area contributed by atoms with Crippen molar-refractivity contribution in [3.63, 3.8) is 0 Å². The van der Waals surface area contributed by atoms with Gasteiger partial charge >= 0.3 is 0 Å². The molecule has 2 aromatic rings. The van der Waals surface area contributed by atoms with E-state index in [-0.39, 0.29) is 11.6 Å². The molecule has 0 aliphatic carbocycles. The van der Waals surface area contributed by atoms with Crippen LogP contribution in [-0.4, -0.2) is 26.2 Å². The third kappa shape index (κ3) is 1.93. The van der Waals surface area contributed by atoms with Gasteiger partial charge in [-0.25, -0.2) is 4.98 Å². The second kappa shape index (κ2) is 3.79. The third-order valence-corrected chi connectivity index (χ3v) is 1.76. The van der Waals surface area contributed by atoms with Crippen molar-refractivity contribution in [2.24, 2.45) is 0 Å². The van der Waals surface area contributed by atoms with Gasteiger partial charge in [-0.3, -0.25) is 9.89 Å². The number of pyridine rings is 1. The normalized spacial score (nSPS) is 9.87. The average molecular weight is 204 g/mol. The van der Waals surface area contributed by atoms with Gasteiger partial charge in [-0.15, -0.1) is 0 Å². The van der Waals surface area contributed by atoms with Crippen molar-refractivity contribution >= 4 is 11.7 Å². The maximum absolute atomic E-state index is 11.5. The standard InChI is InChI=1S/C9H8N4O2/c14-7-2-1-4-10-8(7)12-9(15)6-3-5-11-13-6/h1-5,14H,(H,11,13)(H,10,12,15). The monoisotopic (exact) mass is 204 g/mol. The fraction of sp³-hybridized carbons (Fsp3) is 0. The van der Waals surface area contributed by atoms with Gasteiger partial charge in [0, 0.05) is 12.4 Å². The minimum absolute atomic E-state index is 0.0784. The molecule has 0 fully saturated rings. The van der Waals surface area contributed by atoms with E-state index in [1.807, 2.05) is 0 Å². The Labute approximate surface area is 85.0 Å². The number of carbonyl (C=O) groups excluding carboxylic acids is 1. The zero-order valence-electron chi connectivity index (χ0n) is 7.64. The molecule has 0 aliphatic rings. The Bertz CT molecular complexity index is 467. The topological polar surface area (TPSA) is 90.9 Å². The number of hydrogen-bond donors (Lipinski definition) is 3. The number of nitrogens with zero attached hydrogens (tertiary/aromatic N) is 2. The van der Waals surface area contributed by atoms with Crippen LogP contribution in [0.3, 0.4) is 0 Å². The van der Waals surface area contributed by atoms with E-state index in [1.54, 1.807) is 6.07 Å². The number of aromatic hydroxyl groups is 1. The highest BCUT2D eigenvalue weighted by atomic mass is 16.3. The summed E-state index contributed by atoms with van der Waals surface area (Å²) >= 11 is 0. The molecule has 2 rings (SSSR count). The van der Waals surface area contributed by atoms with Crippen LogP contribution in [0.4, 0.5) is 5.82 Å². The van der Waals surface area contributed by atoms with Crippen LogP contribution in [-0.2, 0) is 0 Å². The molecule has 2 heterocycles. The summed E-state index contributed by atoms with van der Waals surface area (Å²) in [6, 6.07) is 4.53. The number of H-pyrrole nitrogens is 1. The quantitative estimate of drug-likeness (QED) is 0.673. The minimum atomic E-state index is -0.401. The maximum atomic E-state index is 11.5. The molecule has 0 spiro atoms. The van der Waals surface area contributed by atoms with Crippen molar-refractivity contribution in [3.8, 4) is 5.75 Å². The summed E-state index contributed by atoms with van der Waals surface area (Å²) in [5.41, 5.74) is 0.306. The zero-order valence-corrected chi connectivity index (χ0v) is 7.64. The number of nitrogens with one attached hydrogen (secondary N) is 2. The largest absolute Gasteiger partial charge is 0.504 e. The van der Waals surface area contributed by atoms with Gasteiger partial charge < -0.3 is 10.4 Å². The van der Waals surface area contributed by atoms with E-state index in [1.165, 1.54) is 24.5 Å². The molecule has 0 radical (unpaired) electrons. The van der Waals surface area contributed by atoms with Gasteiger partial charge in [-0.2, -0.15) is 5.10 Å². The number of aromatic amines is 1. The Hall–Kier alpha value is -2.37. The van der Waals surface area contributed by atoms with E-state index in [4.69, 9.17) is 0 Å². The van der Waals surface area contributed by atoms with Gasteiger partial charge in [-0.1, -0.05) is 0 Å². The van der Waals surface area contributed by atoms with Crippen LogP contribution >= 0.6 is 0 Å². The van der Waals surface area contributed by atoms with E-state index >= 15 is 0 Å². The van der Waals surface area contributed by atoms with Gasteiger partial charge in [0.05, 0.1) is 0 Å². The number of aromatic nitrogens is 3. The second-order valence-corrected chi connectivity index (χ2v) is 2.80. The number of carbonyl (C=O) groups is 1. The second-order valence-electron chi connectivity index (χ2n) is 2.80. The average Bonchev–Trinajstić information content (AvgIpc) is 2.74. The van der Waals surface area contributed by atoms with Crippen LogP contribution in [0.2, 0.25) is 0 Å². The highest BCUT2D eigenvalue weighted by Crippen LogP contribution is 2.18. The predicted molar refractivity (Wildman–Crippen MR) is 52.4 cm³/mol. The zero-order chi connectivity index (χ0) is 10.7. The lowest BCUT2D eigenvalue weighted by Crippen LogP contribution is -2.13. The molecular weight excluding hydrogens is 196 g/mol. The lowest BCUT2D eigenvalue weighted by molar-refractivity contribution is 0.102. The highest BCUT2D eigenvalue weighted by molar-refractivity contribution is 6.02. The lowest BCUT2D eigenvalue weighted by Gasteiger charge is -2.03. The molecule has 0 atom stereocenters. The first-order valence-electron chi connectivity index (χ1n) is 4.22. The summed E-state index contributed by atoms with van der Waals surface area (Å²) in [6.07, 6.45) is 2.94. The van der Waals surface area contributed by atoms with Gasteiger partial charge in [-0.05, 0) is 18.2 Å². The number of amides is 1. The number of hydrogen-bond acceptors (Lipinski definition) is 4. The van der Waals surface area contributed by atoms with Gasteiger partial charge in [0.2, 0.25) is 0 Å². The molecule has 0 unspecified atom stereocenters. The van der Waals surface area contributed by atoms with E-state index in [9.17, 15) is 9.90 Å². The molecule has 0 aliphatic heterocycles. The van der Waals surface area contributed by atoms with E-state index in [2.05, 4.69) is 20.5 Å². The van der Waals surface area contributed by atoms with Crippen LogP contribution in [0.5, 0.6) is 5.75 Å². The van der Waals surface area contributed by atoms with Crippen LogP contribution in [0.15, 0.2) is 30.6 Å². The van der Waals surface area contributed by atoms with Gasteiger partial charge in [0.1, 0.15) is 5.69 Å². The molecule has 0 saturated carbocycles. The first-order chi connectivity index (χ1) is 7.27. The van der Waals surface area contributed by atoms with Crippen LogP contribution in [0.25, 0.3) is 0 Å². The summed E-state index contributed by atoms with van der Waals surface area (Å²) < 4.78 is 0. The number of rotatable bonds is 2. The molecule has 0 aromatic carbocycles. The van der Waals surface area contributed by atoms with E-state index < -0.39 is 5.91 Å². The lowest BCUT2D eigenvalue weighted by atomic mass is 10.4. The smallest absolute Gasteiger partial charge is 0.274 e. The number of anilines is 1.